The van der Waals surface area contributed by atoms with E-state index in [1.807, 2.05) is 13.8 Å². The zero-order chi connectivity index (χ0) is 17.9. The van der Waals surface area contributed by atoms with Crippen LogP contribution in [0, 0.1) is 0 Å². The van der Waals surface area contributed by atoms with Gasteiger partial charge in [0.05, 0.1) is 10.2 Å². The number of halogens is 1. The normalized spacial score (nSPS) is 11.7. The molecule has 0 aliphatic carbocycles. The zero-order valence-electron chi connectivity index (χ0n) is 13.3. The summed E-state index contributed by atoms with van der Waals surface area (Å²) < 4.78 is 24.4. The molecule has 0 unspecified atom stereocenters. The molecule has 0 atom stereocenters. The van der Waals surface area contributed by atoms with Crippen molar-refractivity contribution in [2.45, 2.75) is 38.3 Å². The lowest BCUT2D eigenvalue weighted by Crippen LogP contribution is -2.18. The molecule has 11 heteroatoms. The first kappa shape index (κ1) is 18.9. The van der Waals surface area contributed by atoms with Crippen LogP contribution in [-0.2, 0) is 9.84 Å². The van der Waals surface area contributed by atoms with Crippen molar-refractivity contribution < 1.29 is 13.2 Å². The topological polar surface area (TPSA) is 115 Å². The van der Waals surface area contributed by atoms with E-state index in [4.69, 9.17) is 0 Å². The molecule has 2 aromatic rings. The van der Waals surface area contributed by atoms with Gasteiger partial charge in [0.15, 0.2) is 0 Å². The second-order valence-electron chi connectivity index (χ2n) is 5.22. The lowest BCUT2D eigenvalue weighted by Gasteiger charge is -2.06. The number of carbonyl (C=O) groups is 1. The summed E-state index contributed by atoms with van der Waals surface area (Å²) in [6, 6.07) is 0. The van der Waals surface area contributed by atoms with Gasteiger partial charge in [-0.3, -0.25) is 10.1 Å². The number of aromatic nitrogens is 4. The average Bonchev–Trinajstić information content (AvgIpc) is 2.96. The minimum absolute atomic E-state index is 0.0685. The Labute approximate surface area is 152 Å². The Morgan fingerprint density at radius 2 is 2.08 bits per heavy atom. The first-order chi connectivity index (χ1) is 11.2. The van der Waals surface area contributed by atoms with Gasteiger partial charge in [0.2, 0.25) is 20.1 Å². The van der Waals surface area contributed by atoms with E-state index in [0.717, 1.165) is 5.01 Å². The van der Waals surface area contributed by atoms with Crippen molar-refractivity contribution in [1.82, 2.24) is 20.2 Å². The van der Waals surface area contributed by atoms with Crippen LogP contribution in [0.15, 0.2) is 15.8 Å². The second-order valence-corrected chi connectivity index (χ2v) is 9.09. The Bertz CT molecular complexity index is 851. The van der Waals surface area contributed by atoms with Gasteiger partial charge in [-0.25, -0.2) is 18.4 Å². The van der Waals surface area contributed by atoms with Crippen LogP contribution < -0.4 is 5.32 Å². The van der Waals surface area contributed by atoms with E-state index in [-0.39, 0.29) is 22.5 Å². The van der Waals surface area contributed by atoms with Crippen LogP contribution in [0.1, 0.15) is 48.6 Å². The summed E-state index contributed by atoms with van der Waals surface area (Å²) in [5, 5.41) is 11.2. The monoisotopic (exact) mass is 433 g/mol. The van der Waals surface area contributed by atoms with Gasteiger partial charge in [0, 0.05) is 12.1 Å². The molecule has 0 aliphatic heterocycles. The molecule has 1 N–H and O–H groups in total. The molecule has 8 nitrogen and oxygen atoms in total. The zero-order valence-corrected chi connectivity index (χ0v) is 16.5. The minimum atomic E-state index is -3.61. The maximum absolute atomic E-state index is 12.4. The summed E-state index contributed by atoms with van der Waals surface area (Å²) in [7, 11) is -3.61. The third kappa shape index (κ3) is 4.33. The van der Waals surface area contributed by atoms with Gasteiger partial charge in [-0.2, -0.15) is 0 Å². The Morgan fingerprint density at radius 1 is 1.38 bits per heavy atom. The summed E-state index contributed by atoms with van der Waals surface area (Å²) in [4.78, 5) is 20.1. The van der Waals surface area contributed by atoms with E-state index in [1.165, 1.54) is 17.5 Å². The van der Waals surface area contributed by atoms with Gasteiger partial charge in [0.1, 0.15) is 10.7 Å². The largest absolute Gasteiger partial charge is 0.295 e. The fourth-order valence-electron chi connectivity index (χ4n) is 1.69. The first-order valence-electron chi connectivity index (χ1n) is 7.14. The highest BCUT2D eigenvalue weighted by atomic mass is 79.9. The van der Waals surface area contributed by atoms with Crippen LogP contribution in [-0.4, -0.2) is 40.2 Å². The van der Waals surface area contributed by atoms with E-state index in [0.29, 0.717) is 16.0 Å². The van der Waals surface area contributed by atoms with Crippen LogP contribution in [0.2, 0.25) is 0 Å². The minimum Gasteiger partial charge on any atom is -0.295 e. The number of nitrogens with one attached hydrogen (secondary N) is 1. The lowest BCUT2D eigenvalue weighted by atomic mass is 10.2. The highest BCUT2D eigenvalue weighted by Crippen LogP contribution is 2.24. The average molecular weight is 434 g/mol. The molecule has 0 radical (unpaired) electrons. The molecule has 0 spiro atoms. The van der Waals surface area contributed by atoms with Crippen molar-refractivity contribution >= 4 is 48.1 Å². The molecule has 0 aliphatic rings. The number of amides is 1. The van der Waals surface area contributed by atoms with Crippen LogP contribution in [0.25, 0.3) is 0 Å². The molecule has 2 heterocycles. The van der Waals surface area contributed by atoms with Crippen molar-refractivity contribution in [3.05, 3.63) is 21.4 Å². The Kier molecular flexibility index (Phi) is 5.99. The van der Waals surface area contributed by atoms with Crippen molar-refractivity contribution in [2.24, 2.45) is 0 Å². The quantitative estimate of drug-likeness (QED) is 0.695. The molecule has 0 aromatic carbocycles. The molecular formula is C13H16BrN5O3S2. The summed E-state index contributed by atoms with van der Waals surface area (Å²) in [6.07, 6.45) is 1.69. The predicted octanol–water partition coefficient (Wildman–Crippen LogP) is 2.65. The highest BCUT2D eigenvalue weighted by Gasteiger charge is 2.22. The summed E-state index contributed by atoms with van der Waals surface area (Å²) >= 11 is 4.42. The molecule has 0 saturated carbocycles. The fourth-order valence-corrected chi connectivity index (χ4v) is 3.97. The summed E-state index contributed by atoms with van der Waals surface area (Å²) in [6.45, 7) is 5.68. The van der Waals surface area contributed by atoms with Crippen molar-refractivity contribution in [3.63, 3.8) is 0 Å². The number of anilines is 1. The summed E-state index contributed by atoms with van der Waals surface area (Å²) in [5.74, 6) is -0.461. The maximum Gasteiger partial charge on any atom is 0.277 e. The molecular weight excluding hydrogens is 418 g/mol. The van der Waals surface area contributed by atoms with E-state index >= 15 is 0 Å². The number of nitrogens with zero attached hydrogens (tertiary/aromatic N) is 4. The highest BCUT2D eigenvalue weighted by molar-refractivity contribution is 9.10. The van der Waals surface area contributed by atoms with Gasteiger partial charge in [-0.1, -0.05) is 32.1 Å². The standard InChI is InChI=1S/C13H16BrN5O3S2/c1-4-5-24(21,22)13-15-6-8(14)9(16-13)10(20)17-12-19-18-11(23-12)7(2)3/h6-7H,4-5H2,1-3H3,(H,17,19,20). The number of carbonyl (C=O) groups excluding carboxylic acids is 1. The molecule has 2 aromatic heterocycles. The van der Waals surface area contributed by atoms with E-state index in [9.17, 15) is 13.2 Å². The molecule has 130 valence electrons. The predicted molar refractivity (Wildman–Crippen MR) is 94.0 cm³/mol. The van der Waals surface area contributed by atoms with Gasteiger partial charge in [-0.05, 0) is 22.4 Å². The van der Waals surface area contributed by atoms with Crippen LogP contribution in [0.5, 0.6) is 0 Å². The van der Waals surface area contributed by atoms with Crippen LogP contribution in [0.4, 0.5) is 5.13 Å². The molecule has 2 rings (SSSR count). The van der Waals surface area contributed by atoms with Crippen LogP contribution >= 0.6 is 27.3 Å². The molecule has 24 heavy (non-hydrogen) atoms. The molecule has 0 bridgehead atoms. The lowest BCUT2D eigenvalue weighted by molar-refractivity contribution is 0.102. The van der Waals surface area contributed by atoms with Gasteiger partial charge < -0.3 is 0 Å². The fraction of sp³-hybridized carbons (Fsp3) is 0.462. The first-order valence-corrected chi connectivity index (χ1v) is 10.4. The van der Waals surface area contributed by atoms with E-state index < -0.39 is 15.7 Å². The third-order valence-corrected chi connectivity index (χ3v) is 6.26. The Hall–Kier alpha value is -1.46. The SMILES string of the molecule is CCCS(=O)(=O)c1ncc(Br)c(C(=O)Nc2nnc(C(C)C)s2)n1. The maximum atomic E-state index is 12.4. The summed E-state index contributed by atoms with van der Waals surface area (Å²) in [5.41, 5.74) is -0.0685. The number of hydrogen-bond donors (Lipinski definition) is 1. The smallest absolute Gasteiger partial charge is 0.277 e. The number of sulfone groups is 1. The van der Waals surface area contributed by atoms with Crippen molar-refractivity contribution in [2.75, 3.05) is 11.1 Å². The van der Waals surface area contributed by atoms with Crippen LogP contribution in [0.3, 0.4) is 0 Å². The van der Waals surface area contributed by atoms with Crippen molar-refractivity contribution in [3.8, 4) is 0 Å². The second kappa shape index (κ2) is 7.62. The number of rotatable bonds is 6. The van der Waals surface area contributed by atoms with Gasteiger partial charge in [0.25, 0.3) is 5.91 Å². The molecule has 0 fully saturated rings. The Balaban J connectivity index is 2.28. The van der Waals surface area contributed by atoms with Gasteiger partial charge >= 0.3 is 0 Å². The van der Waals surface area contributed by atoms with E-state index in [1.54, 1.807) is 6.92 Å². The van der Waals surface area contributed by atoms with Crippen molar-refractivity contribution in [1.29, 1.82) is 0 Å². The molecule has 0 saturated heterocycles. The van der Waals surface area contributed by atoms with E-state index in [2.05, 4.69) is 41.4 Å². The Morgan fingerprint density at radius 3 is 2.67 bits per heavy atom. The third-order valence-electron chi connectivity index (χ3n) is 2.84. The van der Waals surface area contributed by atoms with Gasteiger partial charge in [-0.15, -0.1) is 10.2 Å². The molecule has 1 amide bonds. The number of hydrogen-bond acceptors (Lipinski definition) is 8.